The summed E-state index contributed by atoms with van der Waals surface area (Å²) in [5.41, 5.74) is -1.69. The number of hydrogen-bond acceptors (Lipinski definition) is 7. The average molecular weight is 650 g/mol. The molecule has 9 nitrogen and oxygen atoms in total. The number of carboxylic acids is 1. The molecule has 260 valence electrons. The van der Waals surface area contributed by atoms with Crippen LogP contribution in [0, 0.1) is 5.92 Å². The number of esters is 1. The summed E-state index contributed by atoms with van der Waals surface area (Å²) in [5, 5.41) is 23.7. The molecule has 0 bridgehead atoms. The summed E-state index contributed by atoms with van der Waals surface area (Å²) in [6.45, 7) is 3.64. The monoisotopic (exact) mass is 649 g/mol. The minimum absolute atomic E-state index is 0.0558. The SMILES string of the molecule is CCCCCCCC(=O)CCCCCC/C=C/[C@H](C(=O)N[C@@H](Cc1ccc(OCCCF)cc1)C(=O)OC)[C@@](O)(CCC)C(=O)O. The van der Waals surface area contributed by atoms with Crippen LogP contribution in [0.4, 0.5) is 4.39 Å². The molecule has 0 saturated carbocycles. The van der Waals surface area contributed by atoms with Crippen molar-refractivity contribution in [2.24, 2.45) is 5.92 Å². The number of amides is 1. The van der Waals surface area contributed by atoms with Crippen LogP contribution >= 0.6 is 0 Å². The third-order valence-electron chi connectivity index (χ3n) is 7.97. The number of halogens is 1. The fourth-order valence-corrected chi connectivity index (χ4v) is 5.26. The smallest absolute Gasteiger partial charge is 0.336 e. The molecule has 1 aromatic rings. The fourth-order valence-electron chi connectivity index (χ4n) is 5.26. The molecule has 3 atom stereocenters. The van der Waals surface area contributed by atoms with Crippen LogP contribution < -0.4 is 10.1 Å². The predicted molar refractivity (Wildman–Crippen MR) is 176 cm³/mol. The first-order chi connectivity index (χ1) is 22.1. The number of rotatable bonds is 27. The summed E-state index contributed by atoms with van der Waals surface area (Å²) >= 11 is 0. The number of benzene rings is 1. The van der Waals surface area contributed by atoms with Crippen LogP contribution in [0.2, 0.25) is 0 Å². The lowest BCUT2D eigenvalue weighted by Gasteiger charge is -2.30. The van der Waals surface area contributed by atoms with E-state index in [0.29, 0.717) is 42.8 Å². The lowest BCUT2D eigenvalue weighted by Crippen LogP contribution is -2.54. The summed E-state index contributed by atoms with van der Waals surface area (Å²) in [4.78, 5) is 50.4. The van der Waals surface area contributed by atoms with E-state index in [1.54, 1.807) is 37.3 Å². The molecule has 1 aromatic carbocycles. The Morgan fingerprint density at radius 2 is 1.54 bits per heavy atom. The lowest BCUT2D eigenvalue weighted by molar-refractivity contribution is -0.167. The molecule has 0 unspecified atom stereocenters. The number of methoxy groups -OCH3 is 1. The molecule has 0 fully saturated rings. The summed E-state index contributed by atoms with van der Waals surface area (Å²) in [5.74, 6) is -3.64. The highest BCUT2D eigenvalue weighted by molar-refractivity contribution is 5.92. The maximum Gasteiger partial charge on any atom is 0.336 e. The van der Waals surface area contributed by atoms with Gasteiger partial charge in [0.25, 0.3) is 0 Å². The van der Waals surface area contributed by atoms with E-state index in [2.05, 4.69) is 12.2 Å². The third kappa shape index (κ3) is 15.8. The second-order valence-electron chi connectivity index (χ2n) is 11.9. The summed E-state index contributed by atoms with van der Waals surface area (Å²) < 4.78 is 22.7. The van der Waals surface area contributed by atoms with E-state index >= 15 is 0 Å². The first-order valence-electron chi connectivity index (χ1n) is 16.9. The zero-order valence-electron chi connectivity index (χ0n) is 28.1. The lowest BCUT2D eigenvalue weighted by atomic mass is 9.82. The van der Waals surface area contributed by atoms with Gasteiger partial charge in [-0.15, -0.1) is 0 Å². The van der Waals surface area contributed by atoms with Crippen molar-refractivity contribution in [1.82, 2.24) is 5.32 Å². The molecule has 1 rings (SSSR count). The maximum atomic E-state index is 13.5. The van der Waals surface area contributed by atoms with Gasteiger partial charge in [-0.3, -0.25) is 14.0 Å². The van der Waals surface area contributed by atoms with Crippen molar-refractivity contribution >= 4 is 23.6 Å². The second kappa shape index (κ2) is 24.0. The van der Waals surface area contributed by atoms with Gasteiger partial charge < -0.3 is 25.0 Å². The number of ketones is 1. The number of carbonyl (C=O) groups excluding carboxylic acids is 3. The molecule has 10 heteroatoms. The number of nitrogens with one attached hydrogen (secondary N) is 1. The van der Waals surface area contributed by atoms with Gasteiger partial charge >= 0.3 is 11.9 Å². The van der Waals surface area contributed by atoms with Crippen molar-refractivity contribution in [2.45, 2.75) is 128 Å². The van der Waals surface area contributed by atoms with Crippen LogP contribution in [0.5, 0.6) is 5.75 Å². The van der Waals surface area contributed by atoms with E-state index in [1.165, 1.54) is 32.4 Å². The minimum Gasteiger partial charge on any atom is -0.494 e. The van der Waals surface area contributed by atoms with Crippen LogP contribution in [0.3, 0.4) is 0 Å². The van der Waals surface area contributed by atoms with E-state index in [-0.39, 0.29) is 25.9 Å². The quantitative estimate of drug-likeness (QED) is 0.0545. The van der Waals surface area contributed by atoms with Crippen LogP contribution in [0.1, 0.15) is 116 Å². The van der Waals surface area contributed by atoms with E-state index in [1.807, 2.05) is 0 Å². The third-order valence-corrected chi connectivity index (χ3v) is 7.97. The van der Waals surface area contributed by atoms with Gasteiger partial charge in [0.05, 0.1) is 26.3 Å². The number of carbonyl (C=O) groups is 4. The number of carboxylic acid groups (broad SMARTS) is 1. The minimum atomic E-state index is -2.37. The van der Waals surface area contributed by atoms with Crippen LogP contribution in [-0.4, -0.2) is 65.9 Å². The topological polar surface area (TPSA) is 139 Å². The Hall–Kier alpha value is -3.27. The van der Waals surface area contributed by atoms with Gasteiger partial charge in [-0.05, 0) is 49.8 Å². The highest BCUT2D eigenvalue weighted by Crippen LogP contribution is 2.27. The maximum absolute atomic E-state index is 13.5. The second-order valence-corrected chi connectivity index (χ2v) is 11.9. The largest absolute Gasteiger partial charge is 0.494 e. The molecule has 0 aromatic heterocycles. The molecule has 0 aliphatic rings. The molecular formula is C36H56FNO8. The van der Waals surface area contributed by atoms with Gasteiger partial charge in [-0.25, -0.2) is 9.59 Å². The van der Waals surface area contributed by atoms with Crippen molar-refractivity contribution in [3.05, 3.63) is 42.0 Å². The van der Waals surface area contributed by atoms with Crippen LogP contribution in [-0.2, 0) is 30.3 Å². The zero-order chi connectivity index (χ0) is 34.2. The van der Waals surface area contributed by atoms with Crippen molar-refractivity contribution in [3.8, 4) is 5.75 Å². The van der Waals surface area contributed by atoms with E-state index in [0.717, 1.165) is 38.5 Å². The number of hydrogen-bond donors (Lipinski definition) is 3. The molecule has 0 spiro atoms. The summed E-state index contributed by atoms with van der Waals surface area (Å²) in [6.07, 6.45) is 14.5. The number of ether oxygens (including phenoxy) is 2. The van der Waals surface area contributed by atoms with Crippen LogP contribution in [0.15, 0.2) is 36.4 Å². The molecule has 46 heavy (non-hydrogen) atoms. The molecule has 1 amide bonds. The number of alkyl halides is 1. The Kier molecular flexibility index (Phi) is 21.2. The summed E-state index contributed by atoms with van der Waals surface area (Å²) in [6, 6.07) is 5.63. The van der Waals surface area contributed by atoms with Crippen LogP contribution in [0.25, 0.3) is 0 Å². The van der Waals surface area contributed by atoms with Gasteiger partial charge in [0, 0.05) is 25.7 Å². The molecule has 0 aliphatic carbocycles. The Morgan fingerprint density at radius 3 is 2.11 bits per heavy atom. The first-order valence-corrected chi connectivity index (χ1v) is 16.9. The average Bonchev–Trinajstić information content (AvgIpc) is 3.04. The van der Waals surface area contributed by atoms with Gasteiger partial charge in [0.2, 0.25) is 5.91 Å². The number of allylic oxidation sites excluding steroid dienone is 1. The van der Waals surface area contributed by atoms with Crippen molar-refractivity contribution in [3.63, 3.8) is 0 Å². The van der Waals surface area contributed by atoms with Gasteiger partial charge in [-0.1, -0.05) is 83.1 Å². The molecular weight excluding hydrogens is 593 g/mol. The van der Waals surface area contributed by atoms with Gasteiger partial charge in [0.15, 0.2) is 5.60 Å². The predicted octanol–water partition coefficient (Wildman–Crippen LogP) is 6.68. The normalized spacial score (nSPS) is 13.9. The molecule has 0 radical (unpaired) electrons. The van der Waals surface area contributed by atoms with Crippen molar-refractivity contribution < 1.29 is 43.3 Å². The zero-order valence-corrected chi connectivity index (χ0v) is 28.1. The summed E-state index contributed by atoms with van der Waals surface area (Å²) in [7, 11) is 1.19. The first kappa shape index (κ1) is 40.8. The standard InChI is InChI=1S/C36H56FNO8/c1-4-6-7-10-13-17-29(39)18-14-11-8-9-12-15-19-31(36(44,24-5-2)35(42)43)33(40)38-32(34(41)45-3)27-28-20-22-30(23-21-28)46-26-16-25-37/h15,19-23,31-32,44H,4-14,16-18,24-27H2,1-3H3,(H,38,40)(H,42,43)/b19-15+/t31-,32+,36+/m1/s1. The molecule has 0 saturated heterocycles. The van der Waals surface area contributed by atoms with Crippen molar-refractivity contribution in [1.29, 1.82) is 0 Å². The van der Waals surface area contributed by atoms with Gasteiger partial charge in [0.1, 0.15) is 17.6 Å². The number of unbranched alkanes of at least 4 members (excludes halogenated alkanes) is 8. The number of aliphatic carboxylic acids is 1. The van der Waals surface area contributed by atoms with Gasteiger partial charge in [-0.2, -0.15) is 0 Å². The van der Waals surface area contributed by atoms with E-state index in [9.17, 15) is 33.8 Å². The Balaban J connectivity index is 2.81. The highest BCUT2D eigenvalue weighted by Gasteiger charge is 2.46. The molecule has 3 N–H and O–H groups in total. The van der Waals surface area contributed by atoms with E-state index < -0.39 is 42.1 Å². The van der Waals surface area contributed by atoms with Crippen molar-refractivity contribution in [2.75, 3.05) is 20.4 Å². The fraction of sp³-hybridized carbons (Fsp3) is 0.667. The molecule has 0 heterocycles. The Labute approximate surface area is 274 Å². The number of Topliss-reactive ketones (excluding diaryl/α,β-unsaturated/α-hetero) is 1. The highest BCUT2D eigenvalue weighted by atomic mass is 19.1. The Bertz CT molecular complexity index is 1060. The number of aliphatic hydroxyl groups is 1. The molecule has 0 aliphatic heterocycles. The Morgan fingerprint density at radius 1 is 0.913 bits per heavy atom. The van der Waals surface area contributed by atoms with E-state index in [4.69, 9.17) is 9.47 Å².